The fraction of sp³-hybridized carbons (Fsp3) is 0.667. The number of amides is 2. The molecular formula is C12H18N2O3. The molecule has 0 aromatic rings. The Hall–Kier alpha value is -1.52. The fourth-order valence-electron chi connectivity index (χ4n) is 2.45. The van der Waals surface area contributed by atoms with Gasteiger partial charge in [-0.25, -0.2) is 9.59 Å². The van der Waals surface area contributed by atoms with Gasteiger partial charge in [0, 0.05) is 12.6 Å². The van der Waals surface area contributed by atoms with Crippen LogP contribution in [-0.4, -0.2) is 40.6 Å². The number of carboxylic acids is 1. The van der Waals surface area contributed by atoms with Crippen molar-refractivity contribution in [3.05, 3.63) is 12.2 Å². The van der Waals surface area contributed by atoms with Gasteiger partial charge in [0.05, 0.1) is 0 Å². The Morgan fingerprint density at radius 1 is 1.29 bits per heavy atom. The number of carboxylic acid groups (broad SMARTS) is 1. The molecule has 17 heavy (non-hydrogen) atoms. The van der Waals surface area contributed by atoms with E-state index in [2.05, 4.69) is 17.5 Å². The van der Waals surface area contributed by atoms with Gasteiger partial charge in [-0.1, -0.05) is 12.2 Å². The van der Waals surface area contributed by atoms with Gasteiger partial charge in [-0.15, -0.1) is 0 Å². The number of allylic oxidation sites excluding steroid dienone is 1. The minimum absolute atomic E-state index is 0.155. The van der Waals surface area contributed by atoms with Gasteiger partial charge in [0.1, 0.15) is 6.04 Å². The van der Waals surface area contributed by atoms with E-state index in [-0.39, 0.29) is 12.1 Å². The van der Waals surface area contributed by atoms with Crippen LogP contribution in [-0.2, 0) is 4.79 Å². The molecule has 1 heterocycles. The maximum Gasteiger partial charge on any atom is 0.326 e. The van der Waals surface area contributed by atoms with Gasteiger partial charge in [0.15, 0.2) is 0 Å². The van der Waals surface area contributed by atoms with Gasteiger partial charge in [-0.3, -0.25) is 0 Å². The number of nitrogens with one attached hydrogen (secondary N) is 1. The SMILES string of the molecule is O=C(O)[C@H]1CCCN1C(=O)NC1CC=CCC1. The lowest BCUT2D eigenvalue weighted by Crippen LogP contribution is -2.49. The summed E-state index contributed by atoms with van der Waals surface area (Å²) in [5.41, 5.74) is 0. The topological polar surface area (TPSA) is 69.6 Å². The summed E-state index contributed by atoms with van der Waals surface area (Å²) in [6, 6.07) is -0.716. The third kappa shape index (κ3) is 2.78. The molecule has 0 radical (unpaired) electrons. The van der Waals surface area contributed by atoms with Crippen molar-refractivity contribution in [2.75, 3.05) is 6.54 Å². The van der Waals surface area contributed by atoms with E-state index in [0.717, 1.165) is 25.7 Å². The third-order valence-electron chi connectivity index (χ3n) is 3.40. The Kier molecular flexibility index (Phi) is 3.66. The third-order valence-corrected chi connectivity index (χ3v) is 3.40. The number of rotatable bonds is 2. The van der Waals surface area contributed by atoms with Gasteiger partial charge < -0.3 is 15.3 Å². The van der Waals surface area contributed by atoms with Crippen LogP contribution in [0, 0.1) is 0 Å². The number of hydrogen-bond acceptors (Lipinski definition) is 2. The average molecular weight is 238 g/mol. The van der Waals surface area contributed by atoms with Crippen molar-refractivity contribution in [3.63, 3.8) is 0 Å². The van der Waals surface area contributed by atoms with Gasteiger partial charge in [-0.05, 0) is 32.1 Å². The van der Waals surface area contributed by atoms with Crippen LogP contribution in [0.2, 0.25) is 0 Å². The van der Waals surface area contributed by atoms with Crippen LogP contribution in [0.3, 0.4) is 0 Å². The van der Waals surface area contributed by atoms with Crippen LogP contribution in [0.4, 0.5) is 4.79 Å². The molecule has 1 aliphatic carbocycles. The first kappa shape index (κ1) is 12.0. The van der Waals surface area contributed by atoms with E-state index >= 15 is 0 Å². The molecule has 2 atom stereocenters. The maximum atomic E-state index is 12.0. The summed E-state index contributed by atoms with van der Waals surface area (Å²) in [4.78, 5) is 24.4. The molecule has 0 spiro atoms. The Bertz CT molecular complexity index is 341. The van der Waals surface area contributed by atoms with Crippen molar-refractivity contribution < 1.29 is 14.7 Å². The molecule has 1 aliphatic heterocycles. The first-order chi connectivity index (χ1) is 8.18. The summed E-state index contributed by atoms with van der Waals surface area (Å²) in [5, 5.41) is 11.9. The molecule has 1 saturated heterocycles. The summed E-state index contributed by atoms with van der Waals surface area (Å²) >= 11 is 0. The Morgan fingerprint density at radius 3 is 2.76 bits per heavy atom. The van der Waals surface area contributed by atoms with Gasteiger partial charge in [0.25, 0.3) is 0 Å². The van der Waals surface area contributed by atoms with E-state index in [0.29, 0.717) is 13.0 Å². The minimum atomic E-state index is -0.902. The lowest BCUT2D eigenvalue weighted by atomic mass is 10.0. The zero-order valence-electron chi connectivity index (χ0n) is 9.76. The number of likely N-dealkylation sites (tertiary alicyclic amines) is 1. The predicted octanol–water partition coefficient (Wildman–Crippen LogP) is 1.35. The van der Waals surface area contributed by atoms with Crippen LogP contribution in [0.15, 0.2) is 12.2 Å². The molecule has 0 saturated carbocycles. The van der Waals surface area contributed by atoms with Crippen molar-refractivity contribution in [3.8, 4) is 0 Å². The zero-order chi connectivity index (χ0) is 12.3. The lowest BCUT2D eigenvalue weighted by Gasteiger charge is -2.26. The van der Waals surface area contributed by atoms with E-state index in [1.807, 2.05) is 0 Å². The Labute approximate surface area is 100 Å². The molecule has 0 bridgehead atoms. The fourth-order valence-corrected chi connectivity index (χ4v) is 2.45. The predicted molar refractivity (Wildman–Crippen MR) is 62.7 cm³/mol. The standard InChI is InChI=1S/C12H18N2O3/c15-11(16)10-7-4-8-14(10)12(17)13-9-5-2-1-3-6-9/h1-2,9-10H,3-8H2,(H,13,17)(H,15,16)/t9?,10-/m1/s1. The highest BCUT2D eigenvalue weighted by molar-refractivity contribution is 5.83. The van der Waals surface area contributed by atoms with Crippen molar-refractivity contribution in [1.82, 2.24) is 10.2 Å². The lowest BCUT2D eigenvalue weighted by molar-refractivity contribution is -0.141. The quantitative estimate of drug-likeness (QED) is 0.713. The van der Waals surface area contributed by atoms with E-state index < -0.39 is 12.0 Å². The van der Waals surface area contributed by atoms with Crippen molar-refractivity contribution >= 4 is 12.0 Å². The summed E-state index contributed by atoms with van der Waals surface area (Å²) in [7, 11) is 0. The molecule has 94 valence electrons. The van der Waals surface area contributed by atoms with Crippen molar-refractivity contribution in [1.29, 1.82) is 0 Å². The number of hydrogen-bond donors (Lipinski definition) is 2. The smallest absolute Gasteiger partial charge is 0.326 e. The molecule has 0 aromatic carbocycles. The first-order valence-corrected chi connectivity index (χ1v) is 6.13. The van der Waals surface area contributed by atoms with E-state index in [1.165, 1.54) is 4.90 Å². The van der Waals surface area contributed by atoms with E-state index in [4.69, 9.17) is 5.11 Å². The number of carbonyl (C=O) groups is 2. The normalized spacial score (nSPS) is 28.1. The molecule has 1 unspecified atom stereocenters. The van der Waals surface area contributed by atoms with Crippen LogP contribution < -0.4 is 5.32 Å². The Balaban J connectivity index is 1.90. The van der Waals surface area contributed by atoms with Crippen LogP contribution in [0.25, 0.3) is 0 Å². The van der Waals surface area contributed by atoms with Crippen LogP contribution >= 0.6 is 0 Å². The molecule has 2 aliphatic rings. The van der Waals surface area contributed by atoms with E-state index in [1.54, 1.807) is 0 Å². The molecule has 5 heteroatoms. The molecule has 0 aromatic heterocycles. The molecule has 2 rings (SSSR count). The maximum absolute atomic E-state index is 12.0. The average Bonchev–Trinajstić information content (AvgIpc) is 2.79. The largest absolute Gasteiger partial charge is 0.480 e. The monoisotopic (exact) mass is 238 g/mol. The van der Waals surface area contributed by atoms with Gasteiger partial charge in [-0.2, -0.15) is 0 Å². The highest BCUT2D eigenvalue weighted by Gasteiger charge is 2.34. The molecule has 5 nitrogen and oxygen atoms in total. The van der Waals surface area contributed by atoms with E-state index in [9.17, 15) is 9.59 Å². The summed E-state index contributed by atoms with van der Waals surface area (Å²) < 4.78 is 0. The highest BCUT2D eigenvalue weighted by atomic mass is 16.4. The summed E-state index contributed by atoms with van der Waals surface area (Å²) in [5.74, 6) is -0.902. The Morgan fingerprint density at radius 2 is 2.12 bits per heavy atom. The van der Waals surface area contributed by atoms with Crippen LogP contribution in [0.1, 0.15) is 32.1 Å². The molecule has 1 fully saturated rings. The molecule has 2 N–H and O–H groups in total. The molecular weight excluding hydrogens is 220 g/mol. The summed E-state index contributed by atoms with van der Waals surface area (Å²) in [6.45, 7) is 0.547. The number of urea groups is 1. The number of nitrogens with zero attached hydrogens (tertiary/aromatic N) is 1. The first-order valence-electron chi connectivity index (χ1n) is 6.13. The second kappa shape index (κ2) is 5.21. The number of carbonyl (C=O) groups excluding carboxylic acids is 1. The highest BCUT2D eigenvalue weighted by Crippen LogP contribution is 2.18. The second-order valence-corrected chi connectivity index (χ2v) is 4.62. The van der Waals surface area contributed by atoms with Gasteiger partial charge >= 0.3 is 12.0 Å². The van der Waals surface area contributed by atoms with Crippen molar-refractivity contribution in [2.45, 2.75) is 44.2 Å². The summed E-state index contributed by atoms with van der Waals surface area (Å²) in [6.07, 6.45) is 8.27. The minimum Gasteiger partial charge on any atom is -0.480 e. The molecule has 2 amide bonds. The number of aliphatic carboxylic acids is 1. The van der Waals surface area contributed by atoms with Gasteiger partial charge in [0.2, 0.25) is 0 Å². The van der Waals surface area contributed by atoms with Crippen molar-refractivity contribution in [2.24, 2.45) is 0 Å². The van der Waals surface area contributed by atoms with Crippen LogP contribution in [0.5, 0.6) is 0 Å². The zero-order valence-corrected chi connectivity index (χ0v) is 9.76. The second-order valence-electron chi connectivity index (χ2n) is 4.62.